The minimum Gasteiger partial charge on any atom is -0.466 e. The molecule has 1 amide bonds. The van der Waals surface area contributed by atoms with Crippen LogP contribution in [0.2, 0.25) is 0 Å². The number of unbranched alkanes of at least 4 members (excludes halogenated alkanes) is 35. The quantitative estimate of drug-likeness (QED) is 0.0321. The number of hydrogen-bond acceptors (Lipinski definition) is 5. The lowest BCUT2D eigenvalue weighted by Crippen LogP contribution is -2.45. The lowest BCUT2D eigenvalue weighted by molar-refractivity contribution is -0.143. The fourth-order valence-corrected chi connectivity index (χ4v) is 8.15. The third-order valence-corrected chi connectivity index (χ3v) is 12.4. The summed E-state index contributed by atoms with van der Waals surface area (Å²) in [5, 5.41) is 23.0. The summed E-state index contributed by atoms with van der Waals surface area (Å²) in [6, 6.07) is -0.633. The van der Waals surface area contributed by atoms with Crippen molar-refractivity contribution in [2.24, 2.45) is 0 Å². The van der Waals surface area contributed by atoms with Crippen molar-refractivity contribution in [3.63, 3.8) is 0 Å². The first-order chi connectivity index (χ1) is 30.5. The molecule has 2 atom stereocenters. The lowest BCUT2D eigenvalue weighted by atomic mass is 10.1. The van der Waals surface area contributed by atoms with E-state index >= 15 is 0 Å². The molecule has 0 spiro atoms. The van der Waals surface area contributed by atoms with Gasteiger partial charge in [0.05, 0.1) is 25.4 Å². The number of allylic oxidation sites excluding steroid dienone is 5. The molecule has 6 nitrogen and oxygen atoms in total. The number of esters is 1. The Hall–Kier alpha value is -1.92. The molecule has 0 saturated heterocycles. The number of aliphatic hydroxyl groups excluding tert-OH is 2. The van der Waals surface area contributed by atoms with Gasteiger partial charge in [-0.25, -0.2) is 0 Å². The van der Waals surface area contributed by atoms with Crippen LogP contribution in [0.5, 0.6) is 0 Å². The van der Waals surface area contributed by atoms with Crippen LogP contribution in [0.1, 0.15) is 284 Å². The highest BCUT2D eigenvalue weighted by atomic mass is 16.5. The molecule has 0 bridgehead atoms. The third kappa shape index (κ3) is 47.6. The van der Waals surface area contributed by atoms with Gasteiger partial charge in [0.15, 0.2) is 0 Å². The Morgan fingerprint density at radius 1 is 0.435 bits per heavy atom. The van der Waals surface area contributed by atoms with Gasteiger partial charge in [-0.3, -0.25) is 9.59 Å². The fourth-order valence-electron chi connectivity index (χ4n) is 8.15. The predicted octanol–water partition coefficient (Wildman–Crippen LogP) is 16.5. The molecule has 0 aliphatic carbocycles. The predicted molar refractivity (Wildman–Crippen MR) is 269 cm³/mol. The van der Waals surface area contributed by atoms with Crippen molar-refractivity contribution in [1.82, 2.24) is 5.32 Å². The third-order valence-electron chi connectivity index (χ3n) is 12.4. The van der Waals surface area contributed by atoms with E-state index in [0.29, 0.717) is 19.4 Å². The van der Waals surface area contributed by atoms with E-state index in [0.717, 1.165) is 51.4 Å². The first-order valence-corrected chi connectivity index (χ1v) is 27.3. The molecular weight excluding hydrogens is 767 g/mol. The van der Waals surface area contributed by atoms with Crippen molar-refractivity contribution in [2.45, 2.75) is 296 Å². The molecule has 0 saturated carbocycles. The second-order valence-corrected chi connectivity index (χ2v) is 18.5. The van der Waals surface area contributed by atoms with Crippen molar-refractivity contribution >= 4 is 11.9 Å². The molecule has 6 heteroatoms. The summed E-state index contributed by atoms with van der Waals surface area (Å²) in [5.41, 5.74) is 0. The Labute approximate surface area is 385 Å². The molecular formula is C56H105NO5. The molecule has 0 aliphatic heterocycles. The van der Waals surface area contributed by atoms with Gasteiger partial charge < -0.3 is 20.3 Å². The summed E-state index contributed by atoms with van der Waals surface area (Å²) in [6.45, 7) is 4.86. The number of rotatable bonds is 50. The fraction of sp³-hybridized carbons (Fsp3) is 0.857. The molecule has 0 aromatic carbocycles. The van der Waals surface area contributed by atoms with E-state index in [1.807, 2.05) is 6.08 Å². The molecule has 3 N–H and O–H groups in total. The summed E-state index contributed by atoms with van der Waals surface area (Å²) in [7, 11) is 0. The van der Waals surface area contributed by atoms with Crippen LogP contribution in [-0.2, 0) is 14.3 Å². The zero-order valence-electron chi connectivity index (χ0n) is 41.4. The number of nitrogens with one attached hydrogen (secondary N) is 1. The highest BCUT2D eigenvalue weighted by Crippen LogP contribution is 2.15. The summed E-state index contributed by atoms with van der Waals surface area (Å²) in [4.78, 5) is 24.4. The summed E-state index contributed by atoms with van der Waals surface area (Å²) in [6.07, 6.45) is 63.0. The molecule has 0 rings (SSSR count). The number of carbonyl (C=O) groups is 2. The Morgan fingerprint density at radius 2 is 0.758 bits per heavy atom. The van der Waals surface area contributed by atoms with Crippen molar-refractivity contribution in [3.05, 3.63) is 36.5 Å². The molecule has 364 valence electrons. The van der Waals surface area contributed by atoms with E-state index in [2.05, 4.69) is 43.5 Å². The van der Waals surface area contributed by atoms with Crippen LogP contribution in [0, 0.1) is 0 Å². The average molecular weight is 872 g/mol. The molecule has 0 aromatic rings. The van der Waals surface area contributed by atoms with E-state index in [-0.39, 0.29) is 18.5 Å². The highest BCUT2D eigenvalue weighted by molar-refractivity contribution is 5.76. The second-order valence-electron chi connectivity index (χ2n) is 18.5. The molecule has 62 heavy (non-hydrogen) atoms. The van der Waals surface area contributed by atoms with Gasteiger partial charge in [0, 0.05) is 12.8 Å². The molecule has 0 aromatic heterocycles. The minimum atomic E-state index is -0.848. The average Bonchev–Trinajstić information content (AvgIpc) is 3.27. The van der Waals surface area contributed by atoms with Gasteiger partial charge in [-0.05, 0) is 83.5 Å². The van der Waals surface area contributed by atoms with Gasteiger partial charge in [-0.2, -0.15) is 0 Å². The van der Waals surface area contributed by atoms with Crippen molar-refractivity contribution in [3.8, 4) is 0 Å². The highest BCUT2D eigenvalue weighted by Gasteiger charge is 2.18. The largest absolute Gasteiger partial charge is 0.466 e. The van der Waals surface area contributed by atoms with Gasteiger partial charge in [0.1, 0.15) is 0 Å². The van der Waals surface area contributed by atoms with Gasteiger partial charge in [-0.15, -0.1) is 0 Å². The number of amides is 1. The molecule has 0 fully saturated rings. The second kappa shape index (κ2) is 51.7. The zero-order chi connectivity index (χ0) is 45.1. The van der Waals surface area contributed by atoms with Crippen LogP contribution in [0.3, 0.4) is 0 Å². The van der Waals surface area contributed by atoms with Gasteiger partial charge in [-0.1, -0.05) is 224 Å². The maximum atomic E-state index is 12.4. The number of carbonyl (C=O) groups excluding carboxylic acids is 2. The van der Waals surface area contributed by atoms with Gasteiger partial charge in [0.2, 0.25) is 5.91 Å². The van der Waals surface area contributed by atoms with E-state index in [1.165, 1.54) is 205 Å². The Balaban J connectivity index is 3.45. The monoisotopic (exact) mass is 872 g/mol. The Morgan fingerprint density at radius 3 is 1.15 bits per heavy atom. The molecule has 2 unspecified atom stereocenters. The minimum absolute atomic E-state index is 0.00364. The van der Waals surface area contributed by atoms with Gasteiger partial charge in [0.25, 0.3) is 0 Å². The molecule has 0 radical (unpaired) electrons. The van der Waals surface area contributed by atoms with E-state index in [9.17, 15) is 19.8 Å². The van der Waals surface area contributed by atoms with E-state index in [4.69, 9.17) is 4.74 Å². The van der Waals surface area contributed by atoms with E-state index in [1.54, 1.807) is 6.08 Å². The topological polar surface area (TPSA) is 95.9 Å². The number of aliphatic hydroxyl groups is 2. The lowest BCUT2D eigenvalue weighted by Gasteiger charge is -2.20. The molecule has 0 heterocycles. The van der Waals surface area contributed by atoms with Crippen molar-refractivity contribution in [1.29, 1.82) is 0 Å². The summed E-state index contributed by atoms with van der Waals surface area (Å²) in [5.74, 6) is -0.0822. The number of hydrogen-bond donors (Lipinski definition) is 3. The maximum absolute atomic E-state index is 12.4. The van der Waals surface area contributed by atoms with Crippen LogP contribution >= 0.6 is 0 Å². The Kier molecular flexibility index (Phi) is 50.1. The summed E-state index contributed by atoms with van der Waals surface area (Å²) < 4.78 is 5.46. The maximum Gasteiger partial charge on any atom is 0.305 e. The zero-order valence-corrected chi connectivity index (χ0v) is 41.4. The summed E-state index contributed by atoms with van der Waals surface area (Å²) >= 11 is 0. The first kappa shape index (κ1) is 60.1. The van der Waals surface area contributed by atoms with E-state index < -0.39 is 12.1 Å². The van der Waals surface area contributed by atoms with Crippen LogP contribution < -0.4 is 5.32 Å². The van der Waals surface area contributed by atoms with Crippen LogP contribution in [0.4, 0.5) is 0 Å². The van der Waals surface area contributed by atoms with Crippen molar-refractivity contribution < 1.29 is 24.5 Å². The van der Waals surface area contributed by atoms with Crippen LogP contribution in [0.15, 0.2) is 36.5 Å². The normalized spacial score (nSPS) is 12.9. The molecule has 0 aliphatic rings. The number of ether oxygens (including phenoxy) is 1. The Bertz CT molecular complexity index is 1010. The first-order valence-electron chi connectivity index (χ1n) is 27.3. The van der Waals surface area contributed by atoms with Crippen LogP contribution in [0.25, 0.3) is 0 Å². The SMILES string of the molecule is CCCCCCC/C=C\CCCCCCCC(=O)OCCCCCCCCCCC/C=C\CCCCCCCCCC(=O)NC(CO)C(O)/C=C/CCCCCCCCCCC. The standard InChI is InChI=1S/C56H105NO5/c1-3-5-7-9-11-13-15-16-26-30-34-38-42-46-50-56(61)62-51-47-43-39-35-31-27-24-22-20-18-17-19-21-23-25-29-33-37-41-45-49-55(60)57-53(52-58)54(59)48-44-40-36-32-28-14-12-10-8-6-4-2/h15-17,19,44,48,53-54,58-59H,3-14,18,20-43,45-47,49-52H2,1-2H3,(H,57,60)/b16-15-,19-17-,48-44+. The smallest absolute Gasteiger partial charge is 0.305 e. The van der Waals surface area contributed by atoms with Crippen LogP contribution in [-0.4, -0.2) is 47.4 Å². The van der Waals surface area contributed by atoms with Gasteiger partial charge >= 0.3 is 5.97 Å². The van der Waals surface area contributed by atoms with Crippen molar-refractivity contribution in [2.75, 3.05) is 13.2 Å².